The van der Waals surface area contributed by atoms with E-state index in [0.717, 1.165) is 11.5 Å². The number of rotatable bonds is 6. The molecule has 8 nitrogen and oxygen atoms in total. The SMILES string of the molecule is O=C(O)C(=O)OCC(O)O.OCCSCCO. The molecular weight excluding hydrogens is 256 g/mol. The van der Waals surface area contributed by atoms with Crippen LogP contribution in [-0.4, -0.2) is 75.1 Å². The van der Waals surface area contributed by atoms with Gasteiger partial charge in [-0.25, -0.2) is 9.59 Å². The van der Waals surface area contributed by atoms with Crippen molar-refractivity contribution in [3.05, 3.63) is 0 Å². The molecular formula is C8H16O8S. The molecule has 0 bridgehead atoms. The van der Waals surface area contributed by atoms with Gasteiger partial charge < -0.3 is 30.3 Å². The molecule has 0 aromatic carbocycles. The van der Waals surface area contributed by atoms with Gasteiger partial charge in [0.05, 0.1) is 13.2 Å². The number of ether oxygens (including phenoxy) is 1. The Hall–Kier alpha value is -0.870. The summed E-state index contributed by atoms with van der Waals surface area (Å²) < 4.78 is 3.83. The van der Waals surface area contributed by atoms with Gasteiger partial charge in [0.1, 0.15) is 6.61 Å². The predicted molar refractivity (Wildman–Crippen MR) is 58.3 cm³/mol. The molecule has 0 saturated carbocycles. The molecule has 0 aromatic heterocycles. The first-order valence-electron chi connectivity index (χ1n) is 4.51. The lowest BCUT2D eigenvalue weighted by molar-refractivity contribution is -0.171. The van der Waals surface area contributed by atoms with E-state index in [9.17, 15) is 9.59 Å². The van der Waals surface area contributed by atoms with Crippen LogP contribution in [0.3, 0.4) is 0 Å². The van der Waals surface area contributed by atoms with E-state index in [2.05, 4.69) is 4.74 Å². The highest BCUT2D eigenvalue weighted by atomic mass is 32.2. The summed E-state index contributed by atoms with van der Waals surface area (Å²) in [5.41, 5.74) is 0. The van der Waals surface area contributed by atoms with Crippen molar-refractivity contribution in [1.82, 2.24) is 0 Å². The van der Waals surface area contributed by atoms with E-state index < -0.39 is 24.8 Å². The molecule has 0 aromatic rings. The quantitative estimate of drug-likeness (QED) is 0.155. The van der Waals surface area contributed by atoms with Gasteiger partial charge in [-0.15, -0.1) is 0 Å². The third-order valence-corrected chi connectivity index (χ3v) is 1.95. The Kier molecular flexibility index (Phi) is 14.4. The minimum atomic E-state index is -1.83. The summed E-state index contributed by atoms with van der Waals surface area (Å²) in [5, 5.41) is 40.4. The van der Waals surface area contributed by atoms with E-state index in [-0.39, 0.29) is 13.2 Å². The van der Waals surface area contributed by atoms with Crippen molar-refractivity contribution in [2.24, 2.45) is 0 Å². The number of aliphatic hydroxyl groups excluding tert-OH is 3. The summed E-state index contributed by atoms with van der Waals surface area (Å²) in [6.07, 6.45) is -1.83. The molecule has 0 saturated heterocycles. The molecule has 5 N–H and O–H groups in total. The zero-order chi connectivity index (χ0) is 13.7. The number of esters is 1. The Morgan fingerprint density at radius 2 is 1.59 bits per heavy atom. The molecule has 0 aliphatic carbocycles. The number of aliphatic hydroxyl groups is 4. The number of carbonyl (C=O) groups is 2. The van der Waals surface area contributed by atoms with Crippen LogP contribution in [0.2, 0.25) is 0 Å². The topological polar surface area (TPSA) is 145 Å². The van der Waals surface area contributed by atoms with Gasteiger partial charge in [-0.1, -0.05) is 0 Å². The van der Waals surface area contributed by atoms with Gasteiger partial charge in [0.25, 0.3) is 0 Å². The lowest BCUT2D eigenvalue weighted by Gasteiger charge is -2.01. The molecule has 0 radical (unpaired) electrons. The highest BCUT2D eigenvalue weighted by Crippen LogP contribution is 1.94. The first-order valence-corrected chi connectivity index (χ1v) is 5.66. The van der Waals surface area contributed by atoms with E-state index in [1.165, 1.54) is 0 Å². The van der Waals surface area contributed by atoms with Crippen LogP contribution in [-0.2, 0) is 14.3 Å². The van der Waals surface area contributed by atoms with E-state index in [4.69, 9.17) is 25.5 Å². The molecule has 0 aliphatic rings. The monoisotopic (exact) mass is 272 g/mol. The summed E-state index contributed by atoms with van der Waals surface area (Å²) in [7, 11) is 0. The van der Waals surface area contributed by atoms with Gasteiger partial charge in [-0.05, 0) is 0 Å². The maximum Gasteiger partial charge on any atom is 0.417 e. The molecule has 0 heterocycles. The van der Waals surface area contributed by atoms with Crippen LogP contribution in [0.1, 0.15) is 0 Å². The number of carboxylic acid groups (broad SMARTS) is 1. The highest BCUT2D eigenvalue weighted by Gasteiger charge is 2.13. The Morgan fingerprint density at radius 3 is 1.88 bits per heavy atom. The number of hydrogen-bond acceptors (Lipinski definition) is 8. The number of thioether (sulfide) groups is 1. The van der Waals surface area contributed by atoms with Crippen LogP contribution in [0.5, 0.6) is 0 Å². The van der Waals surface area contributed by atoms with Crippen molar-refractivity contribution >= 4 is 23.7 Å². The number of carbonyl (C=O) groups excluding carboxylic acids is 1. The molecule has 17 heavy (non-hydrogen) atoms. The molecule has 102 valence electrons. The average molecular weight is 272 g/mol. The first kappa shape index (κ1) is 18.5. The van der Waals surface area contributed by atoms with E-state index in [0.29, 0.717) is 0 Å². The molecule has 0 atom stereocenters. The largest absolute Gasteiger partial charge is 0.473 e. The maximum absolute atomic E-state index is 10.0. The van der Waals surface area contributed by atoms with Crippen molar-refractivity contribution in [2.45, 2.75) is 6.29 Å². The first-order chi connectivity index (χ1) is 7.95. The zero-order valence-electron chi connectivity index (χ0n) is 8.98. The molecule has 0 spiro atoms. The minimum absolute atomic E-state index is 0.213. The Morgan fingerprint density at radius 1 is 1.12 bits per heavy atom. The number of carboxylic acids is 1. The summed E-state index contributed by atoms with van der Waals surface area (Å²) in [6, 6.07) is 0. The highest BCUT2D eigenvalue weighted by molar-refractivity contribution is 7.99. The summed E-state index contributed by atoms with van der Waals surface area (Å²) in [6.45, 7) is -0.305. The number of aliphatic carboxylic acids is 1. The van der Waals surface area contributed by atoms with Crippen LogP contribution in [0.15, 0.2) is 0 Å². The molecule has 0 aliphatic heterocycles. The molecule has 0 fully saturated rings. The van der Waals surface area contributed by atoms with E-state index in [1.54, 1.807) is 11.8 Å². The third kappa shape index (κ3) is 17.7. The zero-order valence-corrected chi connectivity index (χ0v) is 9.80. The van der Waals surface area contributed by atoms with Gasteiger partial charge >= 0.3 is 11.9 Å². The average Bonchev–Trinajstić information content (AvgIpc) is 2.27. The van der Waals surface area contributed by atoms with Gasteiger partial charge in [0, 0.05) is 11.5 Å². The van der Waals surface area contributed by atoms with Gasteiger partial charge in [0.15, 0.2) is 6.29 Å². The fourth-order valence-corrected chi connectivity index (χ4v) is 0.905. The van der Waals surface area contributed by atoms with Crippen LogP contribution in [0, 0.1) is 0 Å². The molecule has 0 amide bonds. The van der Waals surface area contributed by atoms with Gasteiger partial charge in [-0.3, -0.25) is 0 Å². The lowest BCUT2D eigenvalue weighted by Crippen LogP contribution is -2.22. The van der Waals surface area contributed by atoms with Crippen molar-refractivity contribution in [3.8, 4) is 0 Å². The smallest absolute Gasteiger partial charge is 0.417 e. The predicted octanol–water partition coefficient (Wildman–Crippen LogP) is -2.37. The number of hydrogen-bond donors (Lipinski definition) is 5. The standard InChI is InChI=1S/C4H6O6.C4H10O2S/c5-2(6)1-10-4(9)3(7)8;5-1-3-7-4-2-6/h2,5-6H,1H2,(H,7,8);5-6H,1-4H2. The fourth-order valence-electron chi connectivity index (χ4n) is 0.443. The fraction of sp³-hybridized carbons (Fsp3) is 0.750. The summed E-state index contributed by atoms with van der Waals surface area (Å²) in [5.74, 6) is -1.80. The Labute approximate surface area is 102 Å². The van der Waals surface area contributed by atoms with Gasteiger partial charge in [0.2, 0.25) is 0 Å². The van der Waals surface area contributed by atoms with Crippen LogP contribution < -0.4 is 0 Å². The van der Waals surface area contributed by atoms with Gasteiger partial charge in [-0.2, -0.15) is 11.8 Å². The van der Waals surface area contributed by atoms with Crippen molar-refractivity contribution in [1.29, 1.82) is 0 Å². The van der Waals surface area contributed by atoms with E-state index >= 15 is 0 Å². The van der Waals surface area contributed by atoms with Crippen LogP contribution in [0.25, 0.3) is 0 Å². The van der Waals surface area contributed by atoms with Crippen molar-refractivity contribution in [3.63, 3.8) is 0 Å². The molecule has 9 heteroatoms. The minimum Gasteiger partial charge on any atom is -0.473 e. The normalized spacial score (nSPS) is 9.47. The second kappa shape index (κ2) is 13.2. The van der Waals surface area contributed by atoms with Crippen LogP contribution >= 0.6 is 11.8 Å². The van der Waals surface area contributed by atoms with Crippen molar-refractivity contribution < 1.29 is 39.9 Å². The summed E-state index contributed by atoms with van der Waals surface area (Å²) in [4.78, 5) is 19.7. The lowest BCUT2D eigenvalue weighted by atomic mass is 10.6. The Balaban J connectivity index is 0. The van der Waals surface area contributed by atoms with Crippen LogP contribution in [0.4, 0.5) is 0 Å². The third-order valence-electron chi connectivity index (χ3n) is 1.01. The van der Waals surface area contributed by atoms with Crippen molar-refractivity contribution in [2.75, 3.05) is 31.3 Å². The Bertz CT molecular complexity index is 204. The molecule has 0 rings (SSSR count). The second-order valence-corrected chi connectivity index (χ2v) is 3.67. The van der Waals surface area contributed by atoms with E-state index in [1.807, 2.05) is 0 Å². The molecule has 0 unspecified atom stereocenters. The summed E-state index contributed by atoms with van der Waals surface area (Å²) >= 11 is 1.55. The maximum atomic E-state index is 10.0. The second-order valence-electron chi connectivity index (χ2n) is 2.44.